The molecule has 21 heavy (non-hydrogen) atoms. The maximum Gasteiger partial charge on any atom is 0.263 e. The summed E-state index contributed by atoms with van der Waals surface area (Å²) in [4.78, 5) is 20.0. The number of hydrogen-bond donors (Lipinski definition) is 0. The first-order valence-corrected chi connectivity index (χ1v) is 9.35. The Bertz CT molecular complexity index is 730. The molecule has 2 aromatic heterocycles. The Labute approximate surface area is 133 Å². The van der Waals surface area contributed by atoms with Crippen molar-refractivity contribution in [2.45, 2.75) is 50.7 Å². The monoisotopic (exact) mass is 320 g/mol. The summed E-state index contributed by atoms with van der Waals surface area (Å²) < 4.78 is 1.79. The average Bonchev–Trinajstić information content (AvgIpc) is 2.86. The van der Waals surface area contributed by atoms with Crippen LogP contribution in [0.1, 0.15) is 36.6 Å². The SMILES string of the molecule is C=CCn1c(SCCC)nc2sc3c(c2c1=O)CCCC3. The molecule has 0 unspecified atom stereocenters. The van der Waals surface area contributed by atoms with Crippen LogP contribution in [0, 0.1) is 0 Å². The highest BCUT2D eigenvalue weighted by atomic mass is 32.2. The molecule has 0 radical (unpaired) electrons. The molecule has 2 aromatic rings. The van der Waals surface area contributed by atoms with E-state index in [9.17, 15) is 4.79 Å². The molecule has 0 bridgehead atoms. The highest BCUT2D eigenvalue weighted by Crippen LogP contribution is 2.34. The first-order valence-electron chi connectivity index (χ1n) is 7.55. The zero-order valence-electron chi connectivity index (χ0n) is 12.4. The molecule has 0 N–H and O–H groups in total. The van der Waals surface area contributed by atoms with Gasteiger partial charge in [-0.1, -0.05) is 24.8 Å². The Kier molecular flexibility index (Phi) is 4.50. The highest BCUT2D eigenvalue weighted by Gasteiger charge is 2.21. The normalized spacial score (nSPS) is 14.3. The van der Waals surface area contributed by atoms with E-state index in [1.165, 1.54) is 23.3 Å². The van der Waals surface area contributed by atoms with Gasteiger partial charge in [0, 0.05) is 17.2 Å². The largest absolute Gasteiger partial charge is 0.283 e. The number of hydrogen-bond acceptors (Lipinski definition) is 4. The number of fused-ring (bicyclic) bond motifs is 3. The van der Waals surface area contributed by atoms with Crippen molar-refractivity contribution in [2.75, 3.05) is 5.75 Å². The van der Waals surface area contributed by atoms with E-state index in [-0.39, 0.29) is 5.56 Å². The van der Waals surface area contributed by atoms with Gasteiger partial charge >= 0.3 is 0 Å². The molecule has 0 fully saturated rings. The van der Waals surface area contributed by atoms with Crippen LogP contribution in [0.25, 0.3) is 10.2 Å². The zero-order valence-corrected chi connectivity index (χ0v) is 14.0. The molecule has 5 heteroatoms. The predicted octanol–water partition coefficient (Wildman–Crippen LogP) is 4.02. The maximum absolute atomic E-state index is 12.9. The van der Waals surface area contributed by atoms with E-state index >= 15 is 0 Å². The number of rotatable bonds is 5. The minimum atomic E-state index is 0.123. The molecule has 0 saturated carbocycles. The molecule has 0 aromatic carbocycles. The summed E-state index contributed by atoms with van der Waals surface area (Å²) in [6.07, 6.45) is 7.41. The number of thioether (sulfide) groups is 1. The molecule has 2 heterocycles. The molecular weight excluding hydrogens is 300 g/mol. The smallest absolute Gasteiger partial charge is 0.263 e. The van der Waals surface area contributed by atoms with Gasteiger partial charge in [0.05, 0.1) is 5.39 Å². The summed E-state index contributed by atoms with van der Waals surface area (Å²) in [5.41, 5.74) is 1.39. The van der Waals surface area contributed by atoms with Gasteiger partial charge in [0.25, 0.3) is 5.56 Å². The summed E-state index contributed by atoms with van der Waals surface area (Å²) in [5.74, 6) is 0.986. The standard InChI is InChI=1S/C16H20N2OS2/c1-3-9-18-15(19)13-11-7-5-6-8-12(11)21-14(13)17-16(18)20-10-4-2/h3H,1,4-10H2,2H3. The lowest BCUT2D eigenvalue weighted by Gasteiger charge is -2.12. The lowest BCUT2D eigenvalue weighted by atomic mass is 9.97. The van der Waals surface area contributed by atoms with Crippen LogP contribution < -0.4 is 5.56 Å². The van der Waals surface area contributed by atoms with Crippen LogP contribution in [-0.4, -0.2) is 15.3 Å². The average molecular weight is 320 g/mol. The van der Waals surface area contributed by atoms with Crippen molar-refractivity contribution in [3.63, 3.8) is 0 Å². The second kappa shape index (κ2) is 6.36. The molecule has 3 rings (SSSR count). The molecule has 0 saturated heterocycles. The molecule has 0 spiro atoms. The lowest BCUT2D eigenvalue weighted by molar-refractivity contribution is 0.668. The number of allylic oxidation sites excluding steroid dienone is 1. The topological polar surface area (TPSA) is 34.9 Å². The molecular formula is C16H20N2OS2. The van der Waals surface area contributed by atoms with E-state index < -0.39 is 0 Å². The van der Waals surface area contributed by atoms with Crippen LogP contribution in [-0.2, 0) is 19.4 Å². The van der Waals surface area contributed by atoms with E-state index in [1.54, 1.807) is 33.7 Å². The Morgan fingerprint density at radius 2 is 2.24 bits per heavy atom. The van der Waals surface area contributed by atoms with Crippen molar-refractivity contribution < 1.29 is 0 Å². The van der Waals surface area contributed by atoms with Gasteiger partial charge in [-0.2, -0.15) is 0 Å². The van der Waals surface area contributed by atoms with E-state index in [2.05, 4.69) is 13.5 Å². The summed E-state index contributed by atoms with van der Waals surface area (Å²) in [6, 6.07) is 0. The Morgan fingerprint density at radius 3 is 3.00 bits per heavy atom. The second-order valence-corrected chi connectivity index (χ2v) is 7.48. The van der Waals surface area contributed by atoms with Crippen molar-refractivity contribution in [1.29, 1.82) is 0 Å². The van der Waals surface area contributed by atoms with Gasteiger partial charge in [0.15, 0.2) is 5.16 Å². The highest BCUT2D eigenvalue weighted by molar-refractivity contribution is 7.99. The van der Waals surface area contributed by atoms with Gasteiger partial charge in [0.2, 0.25) is 0 Å². The fourth-order valence-electron chi connectivity index (χ4n) is 2.81. The van der Waals surface area contributed by atoms with E-state index in [4.69, 9.17) is 4.98 Å². The van der Waals surface area contributed by atoms with E-state index in [1.807, 2.05) is 0 Å². The fraction of sp³-hybridized carbons (Fsp3) is 0.500. The molecule has 3 nitrogen and oxygen atoms in total. The van der Waals surface area contributed by atoms with Crippen LogP contribution in [0.5, 0.6) is 0 Å². The van der Waals surface area contributed by atoms with E-state index in [0.29, 0.717) is 6.54 Å². The summed E-state index contributed by atoms with van der Waals surface area (Å²) in [6.45, 7) is 6.46. The first kappa shape index (κ1) is 14.9. The van der Waals surface area contributed by atoms with Crippen molar-refractivity contribution in [2.24, 2.45) is 0 Å². The van der Waals surface area contributed by atoms with Crippen LogP contribution in [0.2, 0.25) is 0 Å². The van der Waals surface area contributed by atoms with Crippen LogP contribution in [0.15, 0.2) is 22.6 Å². The molecule has 0 aliphatic heterocycles. The molecule has 1 aliphatic rings. The Morgan fingerprint density at radius 1 is 1.43 bits per heavy atom. The van der Waals surface area contributed by atoms with Gasteiger partial charge in [0.1, 0.15) is 4.83 Å². The minimum absolute atomic E-state index is 0.123. The van der Waals surface area contributed by atoms with Gasteiger partial charge in [-0.25, -0.2) is 4.98 Å². The fourth-order valence-corrected chi connectivity index (χ4v) is 4.98. The van der Waals surface area contributed by atoms with Gasteiger partial charge in [-0.3, -0.25) is 9.36 Å². The Balaban J connectivity index is 2.21. The van der Waals surface area contributed by atoms with Gasteiger partial charge in [-0.15, -0.1) is 17.9 Å². The summed E-state index contributed by atoms with van der Waals surface area (Å²) in [7, 11) is 0. The van der Waals surface area contributed by atoms with Crippen LogP contribution >= 0.6 is 23.1 Å². The maximum atomic E-state index is 12.9. The van der Waals surface area contributed by atoms with Crippen molar-refractivity contribution >= 4 is 33.3 Å². The number of aromatic nitrogens is 2. The number of nitrogens with zero attached hydrogens (tertiary/aromatic N) is 2. The third-order valence-corrected chi connectivity index (χ3v) is 6.15. The van der Waals surface area contributed by atoms with Crippen molar-refractivity contribution in [3.8, 4) is 0 Å². The Hall–Kier alpha value is -1.07. The lowest BCUT2D eigenvalue weighted by Crippen LogP contribution is -2.23. The van der Waals surface area contributed by atoms with Crippen molar-refractivity contribution in [1.82, 2.24) is 9.55 Å². The summed E-state index contributed by atoms with van der Waals surface area (Å²) >= 11 is 3.40. The van der Waals surface area contributed by atoms with Crippen LogP contribution in [0.4, 0.5) is 0 Å². The van der Waals surface area contributed by atoms with Crippen LogP contribution in [0.3, 0.4) is 0 Å². The first-order chi connectivity index (χ1) is 10.3. The number of thiophene rings is 1. The third-order valence-electron chi connectivity index (χ3n) is 3.79. The zero-order chi connectivity index (χ0) is 14.8. The predicted molar refractivity (Wildman–Crippen MR) is 91.7 cm³/mol. The van der Waals surface area contributed by atoms with E-state index in [0.717, 1.165) is 40.4 Å². The molecule has 0 atom stereocenters. The quantitative estimate of drug-likeness (QED) is 0.474. The second-order valence-electron chi connectivity index (χ2n) is 5.34. The summed E-state index contributed by atoms with van der Waals surface area (Å²) in [5, 5.41) is 1.71. The van der Waals surface area contributed by atoms with Gasteiger partial charge in [-0.05, 0) is 37.7 Å². The molecule has 112 valence electrons. The van der Waals surface area contributed by atoms with Crippen molar-refractivity contribution in [3.05, 3.63) is 33.4 Å². The third kappa shape index (κ3) is 2.69. The molecule has 0 amide bonds. The number of aryl methyl sites for hydroxylation is 2. The molecule has 1 aliphatic carbocycles. The minimum Gasteiger partial charge on any atom is -0.283 e. The van der Waals surface area contributed by atoms with Gasteiger partial charge < -0.3 is 0 Å².